The van der Waals surface area contributed by atoms with E-state index in [1.165, 1.54) is 11.1 Å². The van der Waals surface area contributed by atoms with E-state index in [0.29, 0.717) is 19.0 Å². The van der Waals surface area contributed by atoms with Gasteiger partial charge in [-0.2, -0.15) is 0 Å². The molecule has 0 N–H and O–H groups in total. The third-order valence-electron chi connectivity index (χ3n) is 4.24. The molecule has 2 rings (SSSR count). The van der Waals surface area contributed by atoms with Crippen molar-refractivity contribution in [2.75, 3.05) is 26.7 Å². The molecule has 0 radical (unpaired) electrons. The van der Waals surface area contributed by atoms with E-state index in [4.69, 9.17) is 4.74 Å². The van der Waals surface area contributed by atoms with Crippen molar-refractivity contribution in [1.82, 2.24) is 4.90 Å². The second-order valence-corrected chi connectivity index (χ2v) is 6.14. The van der Waals surface area contributed by atoms with E-state index in [1.807, 2.05) is 12.1 Å². The van der Waals surface area contributed by atoms with E-state index in [0.717, 1.165) is 18.7 Å². The molecule has 0 amide bonds. The number of hydrogen-bond donors (Lipinski definition) is 0. The highest BCUT2D eigenvalue weighted by molar-refractivity contribution is 5.42. The summed E-state index contributed by atoms with van der Waals surface area (Å²) in [6, 6.07) is 6.11. The third kappa shape index (κ3) is 4.16. The Balaban J connectivity index is 2.00. The monoisotopic (exact) mass is 297 g/mol. The Morgan fingerprint density at radius 3 is 2.48 bits per heavy atom. The van der Waals surface area contributed by atoms with Gasteiger partial charge in [-0.1, -0.05) is 26.0 Å². The summed E-state index contributed by atoms with van der Waals surface area (Å²) in [5.74, 6) is -1.15. The molecule has 1 aliphatic heterocycles. The summed E-state index contributed by atoms with van der Waals surface area (Å²) in [4.78, 5) is 2.14. The zero-order chi connectivity index (χ0) is 15.5. The fourth-order valence-electron chi connectivity index (χ4n) is 3.02. The van der Waals surface area contributed by atoms with Gasteiger partial charge in [0.2, 0.25) is 0 Å². The van der Waals surface area contributed by atoms with Crippen LogP contribution in [-0.2, 0) is 6.42 Å². The van der Waals surface area contributed by atoms with Crippen molar-refractivity contribution < 1.29 is 13.5 Å². The molecule has 2 nitrogen and oxygen atoms in total. The Hall–Kier alpha value is -1.16. The molecule has 1 aliphatic rings. The number of ether oxygens (including phenoxy) is 1. The van der Waals surface area contributed by atoms with Crippen molar-refractivity contribution >= 4 is 0 Å². The van der Waals surface area contributed by atoms with Crippen LogP contribution < -0.4 is 4.74 Å². The predicted octanol–water partition coefficient (Wildman–Crippen LogP) is 4.09. The quantitative estimate of drug-likeness (QED) is 0.811. The van der Waals surface area contributed by atoms with Crippen molar-refractivity contribution in [2.45, 2.75) is 45.0 Å². The average Bonchev–Trinajstić information content (AvgIpc) is 2.45. The van der Waals surface area contributed by atoms with E-state index < -0.39 is 5.92 Å². The largest absolute Gasteiger partial charge is 0.496 e. The molecule has 0 unspecified atom stereocenters. The van der Waals surface area contributed by atoms with Crippen molar-refractivity contribution in [3.8, 4) is 5.75 Å². The molecule has 1 aromatic rings. The number of halogens is 2. The SMILES string of the molecule is COc1cccc(CCN2CCC(F)(F)CC2)c1C(C)C. The smallest absolute Gasteiger partial charge is 0.250 e. The molecule has 0 atom stereocenters. The molecule has 1 saturated heterocycles. The van der Waals surface area contributed by atoms with Gasteiger partial charge in [0.25, 0.3) is 5.92 Å². The molecule has 118 valence electrons. The molecular formula is C17H25F2NO. The molecule has 0 aliphatic carbocycles. The topological polar surface area (TPSA) is 12.5 Å². The molecule has 21 heavy (non-hydrogen) atoms. The van der Waals surface area contributed by atoms with Gasteiger partial charge < -0.3 is 9.64 Å². The first kappa shape index (κ1) is 16.2. The number of methoxy groups -OCH3 is 1. The van der Waals surface area contributed by atoms with Crippen molar-refractivity contribution in [3.05, 3.63) is 29.3 Å². The van der Waals surface area contributed by atoms with Gasteiger partial charge >= 0.3 is 0 Å². The first-order valence-electron chi connectivity index (χ1n) is 7.69. The van der Waals surface area contributed by atoms with Gasteiger partial charge in [-0.05, 0) is 29.5 Å². The van der Waals surface area contributed by atoms with E-state index in [-0.39, 0.29) is 12.8 Å². The van der Waals surface area contributed by atoms with E-state index >= 15 is 0 Å². The van der Waals surface area contributed by atoms with Gasteiger partial charge in [-0.25, -0.2) is 8.78 Å². The van der Waals surface area contributed by atoms with E-state index in [2.05, 4.69) is 24.8 Å². The summed E-state index contributed by atoms with van der Waals surface area (Å²) < 4.78 is 31.8. The Morgan fingerprint density at radius 1 is 1.24 bits per heavy atom. The van der Waals surface area contributed by atoms with E-state index in [1.54, 1.807) is 7.11 Å². The Labute approximate surface area is 126 Å². The van der Waals surface area contributed by atoms with Crippen molar-refractivity contribution in [1.29, 1.82) is 0 Å². The van der Waals surface area contributed by atoms with Gasteiger partial charge in [0.1, 0.15) is 5.75 Å². The lowest BCUT2D eigenvalue weighted by Crippen LogP contribution is -2.40. The molecule has 0 saturated carbocycles. The first-order valence-corrected chi connectivity index (χ1v) is 7.69. The fraction of sp³-hybridized carbons (Fsp3) is 0.647. The number of piperidine rings is 1. The van der Waals surface area contributed by atoms with Crippen LogP contribution in [0, 0.1) is 0 Å². The maximum Gasteiger partial charge on any atom is 0.250 e. The molecule has 0 spiro atoms. The van der Waals surface area contributed by atoms with Crippen LogP contribution in [0.4, 0.5) is 8.78 Å². The minimum absolute atomic E-state index is 0.0118. The number of hydrogen-bond acceptors (Lipinski definition) is 2. The van der Waals surface area contributed by atoms with Gasteiger partial charge in [0.15, 0.2) is 0 Å². The van der Waals surface area contributed by atoms with Gasteiger partial charge in [-0.3, -0.25) is 0 Å². The zero-order valence-electron chi connectivity index (χ0n) is 13.2. The Morgan fingerprint density at radius 2 is 1.90 bits per heavy atom. The van der Waals surface area contributed by atoms with Crippen LogP contribution in [0.3, 0.4) is 0 Å². The Bertz CT molecular complexity index is 464. The molecule has 0 bridgehead atoms. The predicted molar refractivity (Wildman–Crippen MR) is 81.4 cm³/mol. The number of nitrogens with zero attached hydrogens (tertiary/aromatic N) is 1. The summed E-state index contributed by atoms with van der Waals surface area (Å²) in [5.41, 5.74) is 2.50. The first-order chi connectivity index (χ1) is 9.93. The van der Waals surface area contributed by atoms with Crippen LogP contribution >= 0.6 is 0 Å². The van der Waals surface area contributed by atoms with Crippen LogP contribution in [0.5, 0.6) is 5.75 Å². The second kappa shape index (κ2) is 6.73. The fourth-order valence-corrected chi connectivity index (χ4v) is 3.02. The zero-order valence-corrected chi connectivity index (χ0v) is 13.2. The van der Waals surface area contributed by atoms with E-state index in [9.17, 15) is 8.78 Å². The second-order valence-electron chi connectivity index (χ2n) is 6.14. The minimum Gasteiger partial charge on any atom is -0.496 e. The van der Waals surface area contributed by atoms with Crippen LogP contribution in [0.2, 0.25) is 0 Å². The maximum atomic E-state index is 13.2. The summed E-state index contributed by atoms with van der Waals surface area (Å²) in [5, 5.41) is 0. The number of rotatable bonds is 5. The molecule has 1 fully saturated rings. The van der Waals surface area contributed by atoms with Crippen LogP contribution in [-0.4, -0.2) is 37.6 Å². The van der Waals surface area contributed by atoms with Crippen LogP contribution in [0.1, 0.15) is 43.7 Å². The molecule has 1 heterocycles. The maximum absolute atomic E-state index is 13.2. The summed E-state index contributed by atoms with van der Waals surface area (Å²) in [7, 11) is 1.69. The number of alkyl halides is 2. The summed E-state index contributed by atoms with van der Waals surface area (Å²) in [6.07, 6.45) is 0.862. The standard InChI is InChI=1S/C17H25F2NO/c1-13(2)16-14(5-4-6-15(16)21-3)7-10-20-11-8-17(18,19)9-12-20/h4-6,13H,7-12H2,1-3H3. The number of likely N-dealkylation sites (tertiary alicyclic amines) is 1. The van der Waals surface area contributed by atoms with Crippen molar-refractivity contribution in [3.63, 3.8) is 0 Å². The molecule has 1 aromatic carbocycles. The third-order valence-corrected chi connectivity index (χ3v) is 4.24. The summed E-state index contributed by atoms with van der Waals surface area (Å²) in [6.45, 7) is 6.14. The lowest BCUT2D eigenvalue weighted by Gasteiger charge is -2.32. The molecule has 0 aromatic heterocycles. The van der Waals surface area contributed by atoms with Crippen molar-refractivity contribution in [2.24, 2.45) is 0 Å². The Kier molecular flexibility index (Phi) is 5.20. The normalized spacial score (nSPS) is 19.0. The average molecular weight is 297 g/mol. The van der Waals surface area contributed by atoms with Gasteiger partial charge in [0.05, 0.1) is 7.11 Å². The lowest BCUT2D eigenvalue weighted by molar-refractivity contribution is -0.0548. The minimum atomic E-state index is -2.46. The van der Waals surface area contributed by atoms with Gasteiger partial charge in [0, 0.05) is 32.5 Å². The number of benzene rings is 1. The lowest BCUT2D eigenvalue weighted by atomic mass is 9.94. The highest BCUT2D eigenvalue weighted by atomic mass is 19.3. The summed E-state index contributed by atoms with van der Waals surface area (Å²) >= 11 is 0. The molecule has 4 heteroatoms. The molecular weight excluding hydrogens is 272 g/mol. The van der Waals surface area contributed by atoms with Gasteiger partial charge in [-0.15, -0.1) is 0 Å². The van der Waals surface area contributed by atoms with Crippen LogP contribution in [0.15, 0.2) is 18.2 Å². The highest BCUT2D eigenvalue weighted by Crippen LogP contribution is 2.31. The highest BCUT2D eigenvalue weighted by Gasteiger charge is 2.33. The van der Waals surface area contributed by atoms with Crippen LogP contribution in [0.25, 0.3) is 0 Å².